The third-order valence-corrected chi connectivity index (χ3v) is 2.90. The Hall–Kier alpha value is -2.38. The van der Waals surface area contributed by atoms with Gasteiger partial charge in [0.15, 0.2) is 11.5 Å². The summed E-state index contributed by atoms with van der Waals surface area (Å²) in [6, 6.07) is 0. The van der Waals surface area contributed by atoms with E-state index in [4.69, 9.17) is 5.73 Å². The molecule has 108 valence electrons. The Labute approximate surface area is 117 Å². The maximum Gasteiger partial charge on any atom is 0.241 e. The second-order valence-corrected chi connectivity index (χ2v) is 4.72. The minimum atomic E-state index is 0.00305. The van der Waals surface area contributed by atoms with Crippen molar-refractivity contribution in [3.05, 3.63) is 6.33 Å². The number of rotatable bonds is 5. The van der Waals surface area contributed by atoms with Gasteiger partial charge in [0.05, 0.1) is 12.9 Å². The maximum atomic E-state index is 11.9. The van der Waals surface area contributed by atoms with E-state index in [1.807, 2.05) is 11.8 Å². The molecular formula is C12H19N7O. The van der Waals surface area contributed by atoms with Crippen molar-refractivity contribution < 1.29 is 4.79 Å². The standard InChI is InChI=1S/C12H19N7O/c1-4-5-19(6-8(20)18(2)3)11-9-10(15-7-14-9)16-12(13)17-11/h7H,4-6H2,1-3H3,(H3,13,14,15,16,17). The van der Waals surface area contributed by atoms with Crippen molar-refractivity contribution in [2.75, 3.05) is 37.8 Å². The fourth-order valence-electron chi connectivity index (χ4n) is 1.90. The molecule has 3 N–H and O–H groups in total. The molecule has 1 amide bonds. The lowest BCUT2D eigenvalue weighted by atomic mass is 10.3. The smallest absolute Gasteiger partial charge is 0.241 e. The zero-order valence-corrected chi connectivity index (χ0v) is 11.9. The number of hydrogen-bond donors (Lipinski definition) is 2. The monoisotopic (exact) mass is 277 g/mol. The fourth-order valence-corrected chi connectivity index (χ4v) is 1.90. The number of nitrogens with two attached hydrogens (primary N) is 1. The van der Waals surface area contributed by atoms with Crippen molar-refractivity contribution in [2.45, 2.75) is 13.3 Å². The predicted octanol–water partition coefficient (Wildman–Crippen LogP) is 0.240. The molecule has 0 fully saturated rings. The maximum absolute atomic E-state index is 11.9. The van der Waals surface area contributed by atoms with Crippen molar-refractivity contribution in [1.29, 1.82) is 0 Å². The Kier molecular flexibility index (Phi) is 4.02. The van der Waals surface area contributed by atoms with Crippen LogP contribution in [0.15, 0.2) is 6.33 Å². The molecule has 2 rings (SSSR count). The molecule has 20 heavy (non-hydrogen) atoms. The molecule has 2 aromatic heterocycles. The molecule has 8 heteroatoms. The second kappa shape index (κ2) is 5.72. The van der Waals surface area contributed by atoms with Gasteiger partial charge >= 0.3 is 0 Å². The summed E-state index contributed by atoms with van der Waals surface area (Å²) in [5.74, 6) is 0.767. The summed E-state index contributed by atoms with van der Waals surface area (Å²) < 4.78 is 0. The molecule has 0 saturated heterocycles. The van der Waals surface area contributed by atoms with Gasteiger partial charge in [-0.3, -0.25) is 4.79 Å². The number of nitrogens with one attached hydrogen (secondary N) is 1. The molecule has 0 atom stereocenters. The average Bonchev–Trinajstić information content (AvgIpc) is 2.84. The molecule has 0 aliphatic carbocycles. The van der Waals surface area contributed by atoms with E-state index in [0.29, 0.717) is 23.5 Å². The Morgan fingerprint density at radius 2 is 2.15 bits per heavy atom. The van der Waals surface area contributed by atoms with E-state index in [1.165, 1.54) is 0 Å². The summed E-state index contributed by atoms with van der Waals surface area (Å²) >= 11 is 0. The SMILES string of the molecule is CCCN(CC(=O)N(C)C)c1nc(N)nc2nc[nH]c12. The normalized spacial score (nSPS) is 10.8. The number of nitrogens with zero attached hydrogens (tertiary/aromatic N) is 5. The van der Waals surface area contributed by atoms with E-state index >= 15 is 0 Å². The fraction of sp³-hybridized carbons (Fsp3) is 0.500. The first-order valence-electron chi connectivity index (χ1n) is 6.44. The molecule has 8 nitrogen and oxygen atoms in total. The van der Waals surface area contributed by atoms with Gasteiger partial charge in [0, 0.05) is 20.6 Å². The van der Waals surface area contributed by atoms with Gasteiger partial charge in [-0.2, -0.15) is 9.97 Å². The van der Waals surface area contributed by atoms with E-state index in [-0.39, 0.29) is 18.4 Å². The van der Waals surface area contributed by atoms with Crippen molar-refractivity contribution in [3.63, 3.8) is 0 Å². The van der Waals surface area contributed by atoms with E-state index < -0.39 is 0 Å². The quantitative estimate of drug-likeness (QED) is 0.811. The summed E-state index contributed by atoms with van der Waals surface area (Å²) in [7, 11) is 3.46. The number of carbonyl (C=O) groups is 1. The molecular weight excluding hydrogens is 258 g/mol. The van der Waals surface area contributed by atoms with Gasteiger partial charge in [-0.25, -0.2) is 4.98 Å². The zero-order valence-electron chi connectivity index (χ0n) is 11.9. The van der Waals surface area contributed by atoms with E-state index in [1.54, 1.807) is 25.3 Å². The van der Waals surface area contributed by atoms with Crippen LogP contribution in [0.25, 0.3) is 11.2 Å². The minimum absolute atomic E-state index is 0.00305. The first-order valence-corrected chi connectivity index (χ1v) is 6.44. The van der Waals surface area contributed by atoms with Crippen LogP contribution in [0.4, 0.5) is 11.8 Å². The minimum Gasteiger partial charge on any atom is -0.368 e. The summed E-state index contributed by atoms with van der Waals surface area (Å²) in [6.45, 7) is 2.98. The third-order valence-electron chi connectivity index (χ3n) is 2.90. The number of aromatic nitrogens is 4. The number of hydrogen-bond acceptors (Lipinski definition) is 6. The van der Waals surface area contributed by atoms with Crippen LogP contribution in [0.3, 0.4) is 0 Å². The van der Waals surface area contributed by atoms with Crippen molar-refractivity contribution in [2.24, 2.45) is 0 Å². The Balaban J connectivity index is 2.40. The lowest BCUT2D eigenvalue weighted by molar-refractivity contribution is -0.127. The molecule has 0 unspecified atom stereocenters. The number of fused-ring (bicyclic) bond motifs is 1. The predicted molar refractivity (Wildman–Crippen MR) is 77.3 cm³/mol. The van der Waals surface area contributed by atoms with Crippen molar-refractivity contribution in [1.82, 2.24) is 24.8 Å². The number of carbonyl (C=O) groups excluding carboxylic acids is 1. The molecule has 0 aliphatic rings. The summed E-state index contributed by atoms with van der Waals surface area (Å²) in [4.78, 5) is 30.8. The molecule has 0 radical (unpaired) electrons. The summed E-state index contributed by atoms with van der Waals surface area (Å²) in [5, 5.41) is 0. The highest BCUT2D eigenvalue weighted by Gasteiger charge is 2.18. The topological polar surface area (TPSA) is 104 Å². The molecule has 2 heterocycles. The van der Waals surface area contributed by atoms with Crippen LogP contribution in [0.1, 0.15) is 13.3 Å². The van der Waals surface area contributed by atoms with Gasteiger partial charge in [-0.05, 0) is 6.42 Å². The highest BCUT2D eigenvalue weighted by Crippen LogP contribution is 2.21. The lowest BCUT2D eigenvalue weighted by Crippen LogP contribution is -2.37. The van der Waals surface area contributed by atoms with E-state index in [0.717, 1.165) is 6.42 Å². The third kappa shape index (κ3) is 2.79. The highest BCUT2D eigenvalue weighted by molar-refractivity contribution is 5.87. The van der Waals surface area contributed by atoms with Gasteiger partial charge < -0.3 is 20.5 Å². The van der Waals surface area contributed by atoms with Crippen LogP contribution in [-0.4, -0.2) is 57.9 Å². The van der Waals surface area contributed by atoms with Crippen LogP contribution >= 0.6 is 0 Å². The van der Waals surface area contributed by atoms with Crippen LogP contribution < -0.4 is 10.6 Å². The molecule has 0 aliphatic heterocycles. The van der Waals surface area contributed by atoms with Crippen molar-refractivity contribution >= 4 is 28.8 Å². The summed E-state index contributed by atoms with van der Waals surface area (Å²) in [6.07, 6.45) is 2.43. The molecule has 0 saturated carbocycles. The highest BCUT2D eigenvalue weighted by atomic mass is 16.2. The molecule has 0 bridgehead atoms. The Morgan fingerprint density at radius 3 is 2.80 bits per heavy atom. The largest absolute Gasteiger partial charge is 0.368 e. The zero-order chi connectivity index (χ0) is 14.7. The first-order chi connectivity index (χ1) is 9.52. The number of likely N-dealkylation sites (N-methyl/N-ethyl adjacent to an activating group) is 1. The average molecular weight is 277 g/mol. The number of aromatic amines is 1. The summed E-state index contributed by atoms with van der Waals surface area (Å²) in [5.41, 5.74) is 6.91. The van der Waals surface area contributed by atoms with Gasteiger partial charge in [0.2, 0.25) is 11.9 Å². The first kappa shape index (κ1) is 14.0. The Bertz CT molecular complexity index is 607. The molecule has 0 aromatic carbocycles. The molecule has 0 spiro atoms. The van der Waals surface area contributed by atoms with Gasteiger partial charge in [-0.1, -0.05) is 6.92 Å². The number of H-pyrrole nitrogens is 1. The van der Waals surface area contributed by atoms with E-state index in [2.05, 4.69) is 19.9 Å². The second-order valence-electron chi connectivity index (χ2n) is 4.72. The van der Waals surface area contributed by atoms with Gasteiger partial charge in [0.1, 0.15) is 5.52 Å². The number of imidazole rings is 1. The van der Waals surface area contributed by atoms with Crippen LogP contribution in [-0.2, 0) is 4.79 Å². The van der Waals surface area contributed by atoms with Crippen LogP contribution in [0.5, 0.6) is 0 Å². The Morgan fingerprint density at radius 1 is 1.40 bits per heavy atom. The number of anilines is 2. The van der Waals surface area contributed by atoms with Crippen LogP contribution in [0.2, 0.25) is 0 Å². The van der Waals surface area contributed by atoms with Gasteiger partial charge in [0.25, 0.3) is 0 Å². The van der Waals surface area contributed by atoms with Gasteiger partial charge in [-0.15, -0.1) is 0 Å². The van der Waals surface area contributed by atoms with E-state index in [9.17, 15) is 4.79 Å². The number of nitrogen functional groups attached to an aromatic ring is 1. The van der Waals surface area contributed by atoms with Crippen molar-refractivity contribution in [3.8, 4) is 0 Å². The number of amides is 1. The molecule has 2 aromatic rings. The van der Waals surface area contributed by atoms with Crippen LogP contribution in [0, 0.1) is 0 Å². The lowest BCUT2D eigenvalue weighted by Gasteiger charge is -2.24.